The van der Waals surface area contributed by atoms with Gasteiger partial charge in [0.1, 0.15) is 12.7 Å². The minimum absolute atomic E-state index is 0.199. The fraction of sp³-hybridized carbons (Fsp3) is 0.818. The second kappa shape index (κ2) is 5.16. The molecule has 1 aliphatic heterocycles. The number of ether oxygens (including phenoxy) is 2. The molecule has 3 heteroatoms. The van der Waals surface area contributed by atoms with Crippen LogP contribution in [0.25, 0.3) is 0 Å². The SMILES string of the molecule is Br[C@H]1CCCC[C@@H]1OCC#CC1CO1. The van der Waals surface area contributed by atoms with Crippen LogP contribution < -0.4 is 0 Å². The van der Waals surface area contributed by atoms with Gasteiger partial charge in [-0.3, -0.25) is 0 Å². The van der Waals surface area contributed by atoms with Gasteiger partial charge in [-0.25, -0.2) is 0 Å². The first kappa shape index (κ1) is 10.5. The van der Waals surface area contributed by atoms with Gasteiger partial charge in [-0.1, -0.05) is 40.6 Å². The summed E-state index contributed by atoms with van der Waals surface area (Å²) < 4.78 is 10.7. The van der Waals surface area contributed by atoms with E-state index in [0.29, 0.717) is 17.5 Å². The molecule has 0 radical (unpaired) electrons. The van der Waals surface area contributed by atoms with Crippen molar-refractivity contribution < 1.29 is 9.47 Å². The minimum Gasteiger partial charge on any atom is -0.364 e. The van der Waals surface area contributed by atoms with Crippen LogP contribution >= 0.6 is 15.9 Å². The zero-order chi connectivity index (χ0) is 9.80. The van der Waals surface area contributed by atoms with Gasteiger partial charge < -0.3 is 9.47 Å². The van der Waals surface area contributed by atoms with E-state index in [1.807, 2.05) is 0 Å². The number of hydrogen-bond acceptors (Lipinski definition) is 2. The third-order valence-electron chi connectivity index (χ3n) is 2.59. The predicted molar refractivity (Wildman–Crippen MR) is 58.4 cm³/mol. The second-order valence-corrected chi connectivity index (χ2v) is 4.97. The summed E-state index contributed by atoms with van der Waals surface area (Å²) in [6, 6.07) is 0. The van der Waals surface area contributed by atoms with Gasteiger partial charge in [-0.2, -0.15) is 0 Å². The molecule has 1 saturated carbocycles. The highest BCUT2D eigenvalue weighted by atomic mass is 79.9. The standard InChI is InChI=1S/C11H15BrO2/c12-10-5-1-2-6-11(10)13-7-3-4-9-8-14-9/h9-11H,1-2,5-8H2/t9?,10-,11-/m0/s1. The molecule has 0 amide bonds. The zero-order valence-corrected chi connectivity index (χ0v) is 9.76. The molecule has 2 nitrogen and oxygen atoms in total. The molecule has 1 unspecified atom stereocenters. The number of halogens is 1. The number of hydrogen-bond donors (Lipinski definition) is 0. The van der Waals surface area contributed by atoms with Crippen LogP contribution in [0.1, 0.15) is 25.7 Å². The maximum atomic E-state index is 5.70. The molecule has 1 saturated heterocycles. The highest BCUT2D eigenvalue weighted by Crippen LogP contribution is 2.26. The average Bonchev–Trinajstić information content (AvgIpc) is 2.99. The molecule has 1 aliphatic carbocycles. The van der Waals surface area contributed by atoms with Gasteiger partial charge in [-0.15, -0.1) is 0 Å². The summed E-state index contributed by atoms with van der Waals surface area (Å²) in [6.45, 7) is 1.35. The van der Waals surface area contributed by atoms with Gasteiger partial charge in [-0.05, 0) is 12.8 Å². The van der Waals surface area contributed by atoms with E-state index in [9.17, 15) is 0 Å². The Balaban J connectivity index is 1.66. The number of alkyl halides is 1. The maximum Gasteiger partial charge on any atom is 0.141 e. The fourth-order valence-corrected chi connectivity index (χ4v) is 2.42. The Morgan fingerprint density at radius 3 is 2.86 bits per heavy atom. The lowest BCUT2D eigenvalue weighted by atomic mass is 9.98. The number of epoxide rings is 1. The molecule has 1 heterocycles. The summed E-state index contributed by atoms with van der Waals surface area (Å²) in [7, 11) is 0. The van der Waals surface area contributed by atoms with E-state index in [4.69, 9.17) is 9.47 Å². The Kier molecular flexibility index (Phi) is 3.86. The van der Waals surface area contributed by atoms with Crippen LogP contribution in [-0.4, -0.2) is 30.2 Å². The van der Waals surface area contributed by atoms with Crippen LogP contribution in [0.3, 0.4) is 0 Å². The third-order valence-corrected chi connectivity index (χ3v) is 3.64. The van der Waals surface area contributed by atoms with Crippen molar-refractivity contribution in [3.8, 4) is 11.8 Å². The van der Waals surface area contributed by atoms with Gasteiger partial charge in [0.15, 0.2) is 0 Å². The van der Waals surface area contributed by atoms with E-state index in [1.165, 1.54) is 19.3 Å². The lowest BCUT2D eigenvalue weighted by molar-refractivity contribution is 0.0562. The smallest absolute Gasteiger partial charge is 0.141 e. The Labute approximate surface area is 93.5 Å². The molecule has 0 aromatic rings. The van der Waals surface area contributed by atoms with Crippen LogP contribution in [0.5, 0.6) is 0 Å². The van der Waals surface area contributed by atoms with Crippen LogP contribution in [0.15, 0.2) is 0 Å². The van der Waals surface area contributed by atoms with Crippen molar-refractivity contribution in [3.05, 3.63) is 0 Å². The van der Waals surface area contributed by atoms with Crippen LogP contribution in [0.4, 0.5) is 0 Å². The van der Waals surface area contributed by atoms with Gasteiger partial charge >= 0.3 is 0 Å². The minimum atomic E-state index is 0.199. The molecule has 2 rings (SSSR count). The average molecular weight is 259 g/mol. The van der Waals surface area contributed by atoms with Gasteiger partial charge in [0.05, 0.1) is 12.7 Å². The lowest BCUT2D eigenvalue weighted by Crippen LogP contribution is -2.28. The third kappa shape index (κ3) is 3.27. The summed E-state index contributed by atoms with van der Waals surface area (Å²) in [5, 5.41) is 0. The van der Waals surface area contributed by atoms with E-state index in [2.05, 4.69) is 27.8 Å². The van der Waals surface area contributed by atoms with Crippen molar-refractivity contribution in [1.29, 1.82) is 0 Å². The molecule has 0 aromatic heterocycles. The van der Waals surface area contributed by atoms with Crippen molar-refractivity contribution in [2.45, 2.75) is 42.7 Å². The molecular weight excluding hydrogens is 244 g/mol. The normalized spacial score (nSPS) is 35.9. The second-order valence-electron chi connectivity index (χ2n) is 3.79. The van der Waals surface area contributed by atoms with E-state index >= 15 is 0 Å². The molecule has 3 atom stereocenters. The maximum absolute atomic E-state index is 5.70. The van der Waals surface area contributed by atoms with E-state index in [0.717, 1.165) is 13.0 Å². The van der Waals surface area contributed by atoms with Gasteiger partial charge in [0.25, 0.3) is 0 Å². The molecule has 0 bridgehead atoms. The molecular formula is C11H15BrO2. The van der Waals surface area contributed by atoms with E-state index < -0.39 is 0 Å². The van der Waals surface area contributed by atoms with Crippen molar-refractivity contribution in [2.75, 3.05) is 13.2 Å². The Morgan fingerprint density at radius 2 is 2.14 bits per heavy atom. The van der Waals surface area contributed by atoms with Crippen molar-refractivity contribution in [1.82, 2.24) is 0 Å². The van der Waals surface area contributed by atoms with Gasteiger partial charge in [0, 0.05) is 4.83 Å². The fourth-order valence-electron chi connectivity index (χ4n) is 1.67. The summed E-state index contributed by atoms with van der Waals surface area (Å²) in [4.78, 5) is 0.523. The molecule has 14 heavy (non-hydrogen) atoms. The van der Waals surface area contributed by atoms with E-state index in [-0.39, 0.29) is 6.10 Å². The first-order valence-corrected chi connectivity index (χ1v) is 6.13. The molecule has 0 spiro atoms. The highest BCUT2D eigenvalue weighted by molar-refractivity contribution is 9.09. The largest absolute Gasteiger partial charge is 0.364 e. The molecule has 78 valence electrons. The topological polar surface area (TPSA) is 21.8 Å². The predicted octanol–water partition coefficient (Wildman–Crippen LogP) is 2.11. The van der Waals surface area contributed by atoms with Crippen LogP contribution in [0, 0.1) is 11.8 Å². The molecule has 0 N–H and O–H groups in total. The molecule has 0 aromatic carbocycles. The van der Waals surface area contributed by atoms with Crippen molar-refractivity contribution in [3.63, 3.8) is 0 Å². The van der Waals surface area contributed by atoms with E-state index in [1.54, 1.807) is 0 Å². The summed E-state index contributed by atoms with van der Waals surface area (Å²) in [5.41, 5.74) is 0. The van der Waals surface area contributed by atoms with Crippen LogP contribution in [-0.2, 0) is 9.47 Å². The Hall–Kier alpha value is -0.0400. The van der Waals surface area contributed by atoms with Gasteiger partial charge in [0.2, 0.25) is 0 Å². The van der Waals surface area contributed by atoms with Crippen molar-refractivity contribution in [2.24, 2.45) is 0 Å². The first-order chi connectivity index (χ1) is 6.86. The monoisotopic (exact) mass is 258 g/mol. The first-order valence-electron chi connectivity index (χ1n) is 5.22. The molecule has 2 aliphatic rings. The summed E-state index contributed by atoms with van der Waals surface area (Å²) in [6.07, 6.45) is 5.55. The number of rotatable bonds is 2. The zero-order valence-electron chi connectivity index (χ0n) is 8.17. The quantitative estimate of drug-likeness (QED) is 0.430. The summed E-state index contributed by atoms with van der Waals surface area (Å²) in [5.74, 6) is 6.00. The Morgan fingerprint density at radius 1 is 1.36 bits per heavy atom. The lowest BCUT2D eigenvalue weighted by Gasteiger charge is -2.26. The summed E-state index contributed by atoms with van der Waals surface area (Å²) >= 11 is 3.65. The van der Waals surface area contributed by atoms with Crippen LogP contribution in [0.2, 0.25) is 0 Å². The molecule has 2 fully saturated rings. The highest BCUT2D eigenvalue weighted by Gasteiger charge is 2.23. The Bertz CT molecular complexity index is 239. The van der Waals surface area contributed by atoms with Crippen molar-refractivity contribution >= 4 is 15.9 Å².